The lowest BCUT2D eigenvalue weighted by atomic mass is 9.88. The molecule has 19 heavy (non-hydrogen) atoms. The van der Waals surface area contributed by atoms with Gasteiger partial charge in [0.25, 0.3) is 0 Å². The highest BCUT2D eigenvalue weighted by atomic mass is 16.3. The number of nitrogens with one attached hydrogen (secondary N) is 1. The van der Waals surface area contributed by atoms with Crippen LogP contribution < -0.4 is 5.32 Å². The van der Waals surface area contributed by atoms with Gasteiger partial charge in [-0.1, -0.05) is 18.6 Å². The Morgan fingerprint density at radius 1 is 1.32 bits per heavy atom. The second-order valence-corrected chi connectivity index (χ2v) is 6.63. The van der Waals surface area contributed by atoms with Crippen molar-refractivity contribution in [1.29, 1.82) is 0 Å². The van der Waals surface area contributed by atoms with E-state index >= 15 is 0 Å². The molecule has 0 amide bonds. The van der Waals surface area contributed by atoms with Crippen LogP contribution >= 0.6 is 0 Å². The molecular formula is C17H25NO. The van der Waals surface area contributed by atoms with Crippen LogP contribution in [0.15, 0.2) is 18.2 Å². The van der Waals surface area contributed by atoms with Gasteiger partial charge in [-0.25, -0.2) is 0 Å². The Balaban J connectivity index is 1.57. The highest BCUT2D eigenvalue weighted by Gasteiger charge is 2.39. The summed E-state index contributed by atoms with van der Waals surface area (Å²) in [4.78, 5) is 0. The van der Waals surface area contributed by atoms with E-state index in [0.717, 1.165) is 35.4 Å². The van der Waals surface area contributed by atoms with Crippen molar-refractivity contribution in [2.24, 2.45) is 17.8 Å². The Labute approximate surface area is 116 Å². The first-order valence-electron chi connectivity index (χ1n) is 7.66. The van der Waals surface area contributed by atoms with Crippen molar-refractivity contribution in [2.45, 2.75) is 45.6 Å². The van der Waals surface area contributed by atoms with Gasteiger partial charge in [0.05, 0.1) is 0 Å². The van der Waals surface area contributed by atoms with E-state index in [4.69, 9.17) is 0 Å². The molecule has 2 heteroatoms. The molecule has 0 spiro atoms. The fourth-order valence-electron chi connectivity index (χ4n) is 4.08. The van der Waals surface area contributed by atoms with Gasteiger partial charge in [-0.2, -0.15) is 0 Å². The molecule has 0 heterocycles. The monoisotopic (exact) mass is 259 g/mol. The van der Waals surface area contributed by atoms with Crippen molar-refractivity contribution in [3.05, 3.63) is 29.3 Å². The minimum atomic E-state index is 0.236. The zero-order chi connectivity index (χ0) is 13.4. The van der Waals surface area contributed by atoms with Gasteiger partial charge in [-0.15, -0.1) is 0 Å². The number of hydrogen-bond donors (Lipinski definition) is 2. The fourth-order valence-corrected chi connectivity index (χ4v) is 4.08. The first-order valence-corrected chi connectivity index (χ1v) is 7.66. The maximum absolute atomic E-state index is 10.0. The van der Waals surface area contributed by atoms with Gasteiger partial charge in [-0.05, 0) is 69.0 Å². The van der Waals surface area contributed by atoms with Crippen LogP contribution in [0, 0.1) is 24.7 Å². The van der Waals surface area contributed by atoms with Crippen molar-refractivity contribution >= 4 is 0 Å². The lowest BCUT2D eigenvalue weighted by Gasteiger charge is -2.24. The number of hydrogen-bond acceptors (Lipinski definition) is 2. The third-order valence-corrected chi connectivity index (χ3v) is 5.22. The highest BCUT2D eigenvalue weighted by molar-refractivity contribution is 5.37. The number of phenolic OH excluding ortho intramolecular Hbond substituents is 1. The van der Waals surface area contributed by atoms with E-state index in [1.54, 1.807) is 0 Å². The molecule has 4 unspecified atom stereocenters. The maximum atomic E-state index is 10.0. The largest absolute Gasteiger partial charge is 0.508 e. The molecule has 1 aromatic carbocycles. The summed E-state index contributed by atoms with van der Waals surface area (Å²) in [6.07, 6.45) is 5.80. The molecule has 3 rings (SSSR count). The fraction of sp³-hybridized carbons (Fsp3) is 0.647. The summed E-state index contributed by atoms with van der Waals surface area (Å²) in [5.41, 5.74) is 2.13. The van der Waals surface area contributed by atoms with E-state index in [-0.39, 0.29) is 6.04 Å². The summed E-state index contributed by atoms with van der Waals surface area (Å²) < 4.78 is 0. The van der Waals surface area contributed by atoms with Crippen molar-refractivity contribution in [3.63, 3.8) is 0 Å². The number of phenols is 1. The van der Waals surface area contributed by atoms with Crippen molar-refractivity contribution in [1.82, 2.24) is 5.32 Å². The van der Waals surface area contributed by atoms with Gasteiger partial charge < -0.3 is 10.4 Å². The highest BCUT2D eigenvalue weighted by Crippen LogP contribution is 2.48. The van der Waals surface area contributed by atoms with Crippen molar-refractivity contribution in [3.8, 4) is 5.75 Å². The lowest BCUT2D eigenvalue weighted by Crippen LogP contribution is -2.28. The lowest BCUT2D eigenvalue weighted by molar-refractivity contribution is 0.308. The third kappa shape index (κ3) is 2.64. The number of rotatable bonds is 4. The van der Waals surface area contributed by atoms with Crippen LogP contribution in [0.1, 0.15) is 49.8 Å². The van der Waals surface area contributed by atoms with Crippen LogP contribution in [-0.4, -0.2) is 11.7 Å². The summed E-state index contributed by atoms with van der Waals surface area (Å²) in [5, 5.41) is 13.6. The Morgan fingerprint density at radius 2 is 2.16 bits per heavy atom. The van der Waals surface area contributed by atoms with Gasteiger partial charge in [0.1, 0.15) is 5.75 Å². The van der Waals surface area contributed by atoms with Crippen LogP contribution in [0.4, 0.5) is 0 Å². The van der Waals surface area contributed by atoms with E-state index in [9.17, 15) is 5.11 Å². The van der Waals surface area contributed by atoms with Gasteiger partial charge in [0.15, 0.2) is 0 Å². The quantitative estimate of drug-likeness (QED) is 0.862. The molecule has 2 saturated carbocycles. The number of aryl methyl sites for hydroxylation is 1. The molecule has 2 fully saturated rings. The standard InChI is InChI=1S/C17H25NO/c1-11-3-6-16(17(19)7-11)12(2)18-10-15-9-13-4-5-14(15)8-13/h3,6-7,12-15,18-19H,4-5,8-10H2,1-2H3. The molecule has 0 aliphatic heterocycles. The minimum absolute atomic E-state index is 0.236. The second kappa shape index (κ2) is 5.16. The summed E-state index contributed by atoms with van der Waals surface area (Å²) >= 11 is 0. The van der Waals surface area contributed by atoms with Gasteiger partial charge in [0.2, 0.25) is 0 Å². The average Bonchev–Trinajstić information content (AvgIpc) is 2.98. The van der Waals surface area contributed by atoms with Crippen molar-refractivity contribution < 1.29 is 5.11 Å². The molecule has 1 aromatic rings. The second-order valence-electron chi connectivity index (χ2n) is 6.63. The Hall–Kier alpha value is -1.02. The smallest absolute Gasteiger partial charge is 0.120 e. The molecule has 104 valence electrons. The molecule has 2 aliphatic carbocycles. The van der Waals surface area contributed by atoms with Crippen LogP contribution in [0.3, 0.4) is 0 Å². The Kier molecular flexibility index (Phi) is 3.53. The zero-order valence-electron chi connectivity index (χ0n) is 12.0. The van der Waals surface area contributed by atoms with Gasteiger partial charge in [-0.3, -0.25) is 0 Å². The third-order valence-electron chi connectivity index (χ3n) is 5.22. The molecule has 0 aromatic heterocycles. The molecule has 2 bridgehead atoms. The minimum Gasteiger partial charge on any atom is -0.508 e. The van der Waals surface area contributed by atoms with Gasteiger partial charge >= 0.3 is 0 Å². The van der Waals surface area contributed by atoms with E-state index in [0.29, 0.717) is 5.75 Å². The first kappa shape index (κ1) is 13.0. The number of benzene rings is 1. The van der Waals surface area contributed by atoms with Crippen LogP contribution in [0.25, 0.3) is 0 Å². The van der Waals surface area contributed by atoms with E-state index in [1.165, 1.54) is 25.7 Å². The molecular weight excluding hydrogens is 234 g/mol. The SMILES string of the molecule is Cc1ccc(C(C)NCC2CC3CCC2C3)c(O)c1. The number of aromatic hydroxyl groups is 1. The molecule has 2 N–H and O–H groups in total. The van der Waals surface area contributed by atoms with E-state index < -0.39 is 0 Å². The first-order chi connectivity index (χ1) is 9.13. The maximum Gasteiger partial charge on any atom is 0.120 e. The average molecular weight is 259 g/mol. The van der Waals surface area contributed by atoms with E-state index in [2.05, 4.69) is 18.3 Å². The molecule has 0 radical (unpaired) electrons. The topological polar surface area (TPSA) is 32.3 Å². The van der Waals surface area contributed by atoms with Gasteiger partial charge in [0, 0.05) is 11.6 Å². The molecule has 2 nitrogen and oxygen atoms in total. The predicted molar refractivity (Wildman–Crippen MR) is 78.2 cm³/mol. The zero-order valence-corrected chi connectivity index (χ0v) is 12.0. The summed E-state index contributed by atoms with van der Waals surface area (Å²) in [6.45, 7) is 5.27. The Morgan fingerprint density at radius 3 is 2.79 bits per heavy atom. The van der Waals surface area contributed by atoms with Crippen molar-refractivity contribution in [2.75, 3.05) is 6.54 Å². The van der Waals surface area contributed by atoms with E-state index in [1.807, 2.05) is 19.1 Å². The van der Waals surface area contributed by atoms with Crippen LogP contribution in [0.2, 0.25) is 0 Å². The predicted octanol–water partition coefficient (Wildman–Crippen LogP) is 3.79. The molecule has 4 atom stereocenters. The molecule has 0 saturated heterocycles. The van der Waals surface area contributed by atoms with Crippen LogP contribution in [0.5, 0.6) is 5.75 Å². The summed E-state index contributed by atoms with van der Waals surface area (Å²) in [7, 11) is 0. The Bertz CT molecular complexity index is 457. The molecule has 2 aliphatic rings. The number of fused-ring (bicyclic) bond motifs is 2. The summed E-state index contributed by atoms with van der Waals surface area (Å²) in [6, 6.07) is 6.21. The normalized spacial score (nSPS) is 30.7. The summed E-state index contributed by atoms with van der Waals surface area (Å²) in [5.74, 6) is 3.28. The van der Waals surface area contributed by atoms with Crippen LogP contribution in [-0.2, 0) is 0 Å².